The summed E-state index contributed by atoms with van der Waals surface area (Å²) in [6, 6.07) is 0. The van der Waals surface area contributed by atoms with Gasteiger partial charge in [0.2, 0.25) is 5.95 Å². The molecule has 0 bridgehead atoms. The van der Waals surface area contributed by atoms with Crippen LogP contribution in [0.1, 0.15) is 0 Å². The van der Waals surface area contributed by atoms with Crippen molar-refractivity contribution in [3.63, 3.8) is 0 Å². The van der Waals surface area contributed by atoms with Gasteiger partial charge in [0, 0.05) is 20.1 Å². The Bertz CT molecular complexity index is 503. The molecule has 0 atom stereocenters. The number of morpholine rings is 1. The van der Waals surface area contributed by atoms with E-state index >= 15 is 0 Å². The molecule has 2 aromatic heterocycles. The lowest BCUT2D eigenvalue weighted by atomic mass is 10.4. The standard InChI is InChI=1S/C10H13N5O/c1-14-7-12-9-8(14)6-11-10(13-9)15-2-4-16-5-3-15/h6-7H,2-5H2,1H3. The van der Waals surface area contributed by atoms with E-state index in [1.54, 1.807) is 6.33 Å². The highest BCUT2D eigenvalue weighted by Crippen LogP contribution is 2.14. The summed E-state index contributed by atoms with van der Waals surface area (Å²) in [5, 5.41) is 0. The molecule has 0 saturated carbocycles. The van der Waals surface area contributed by atoms with E-state index in [1.165, 1.54) is 0 Å². The smallest absolute Gasteiger partial charge is 0.227 e. The molecule has 3 rings (SSSR count). The molecule has 0 unspecified atom stereocenters. The molecule has 0 radical (unpaired) electrons. The minimum atomic E-state index is 0.740. The zero-order valence-corrected chi connectivity index (χ0v) is 9.13. The van der Waals surface area contributed by atoms with Crippen LogP contribution in [-0.2, 0) is 11.8 Å². The second-order valence-electron chi connectivity index (χ2n) is 3.83. The maximum Gasteiger partial charge on any atom is 0.227 e. The molecule has 1 saturated heterocycles. The molecule has 6 nitrogen and oxygen atoms in total. The lowest BCUT2D eigenvalue weighted by molar-refractivity contribution is 0.122. The third-order valence-corrected chi connectivity index (χ3v) is 2.76. The lowest BCUT2D eigenvalue weighted by Gasteiger charge is -2.26. The number of aromatic nitrogens is 4. The van der Waals surface area contributed by atoms with Gasteiger partial charge >= 0.3 is 0 Å². The normalized spacial score (nSPS) is 16.9. The fraction of sp³-hybridized carbons (Fsp3) is 0.500. The zero-order valence-electron chi connectivity index (χ0n) is 9.13. The van der Waals surface area contributed by atoms with Crippen molar-refractivity contribution in [2.24, 2.45) is 7.05 Å². The van der Waals surface area contributed by atoms with Gasteiger partial charge in [0.15, 0.2) is 5.65 Å². The fourth-order valence-corrected chi connectivity index (χ4v) is 1.82. The Balaban J connectivity index is 1.97. The number of aryl methyl sites for hydroxylation is 1. The maximum absolute atomic E-state index is 5.30. The number of rotatable bonds is 1. The van der Waals surface area contributed by atoms with Crippen molar-refractivity contribution < 1.29 is 4.74 Å². The predicted octanol–water partition coefficient (Wildman–Crippen LogP) is 0.200. The largest absolute Gasteiger partial charge is 0.378 e. The Hall–Kier alpha value is -1.69. The average Bonchev–Trinajstić information content (AvgIpc) is 2.72. The Morgan fingerprint density at radius 2 is 2.06 bits per heavy atom. The highest BCUT2D eigenvalue weighted by Gasteiger charge is 2.14. The van der Waals surface area contributed by atoms with Crippen LogP contribution in [0.15, 0.2) is 12.5 Å². The number of ether oxygens (including phenoxy) is 1. The van der Waals surface area contributed by atoms with E-state index in [9.17, 15) is 0 Å². The third-order valence-electron chi connectivity index (χ3n) is 2.76. The van der Waals surface area contributed by atoms with Gasteiger partial charge in [-0.15, -0.1) is 0 Å². The summed E-state index contributed by atoms with van der Waals surface area (Å²) in [6.45, 7) is 3.17. The molecule has 0 spiro atoms. The van der Waals surface area contributed by atoms with Crippen molar-refractivity contribution in [1.29, 1.82) is 0 Å². The molecule has 16 heavy (non-hydrogen) atoms. The van der Waals surface area contributed by atoms with Gasteiger partial charge < -0.3 is 14.2 Å². The monoisotopic (exact) mass is 219 g/mol. The van der Waals surface area contributed by atoms with Crippen molar-refractivity contribution >= 4 is 17.1 Å². The fourth-order valence-electron chi connectivity index (χ4n) is 1.82. The van der Waals surface area contributed by atoms with E-state index in [2.05, 4.69) is 19.9 Å². The molecule has 84 valence electrons. The molecule has 3 heterocycles. The first kappa shape index (κ1) is 9.53. The Morgan fingerprint density at radius 3 is 2.88 bits per heavy atom. The second kappa shape index (κ2) is 3.71. The van der Waals surface area contributed by atoms with Crippen molar-refractivity contribution in [1.82, 2.24) is 19.5 Å². The number of hydrogen-bond acceptors (Lipinski definition) is 5. The van der Waals surface area contributed by atoms with Crippen LogP contribution in [-0.4, -0.2) is 45.8 Å². The molecule has 0 aliphatic carbocycles. The van der Waals surface area contributed by atoms with Crippen LogP contribution in [0.3, 0.4) is 0 Å². The van der Waals surface area contributed by atoms with Gasteiger partial charge in [-0.2, -0.15) is 4.98 Å². The van der Waals surface area contributed by atoms with Gasteiger partial charge in [-0.1, -0.05) is 0 Å². The summed E-state index contributed by atoms with van der Waals surface area (Å²) in [7, 11) is 1.94. The van der Waals surface area contributed by atoms with Gasteiger partial charge in [-0.3, -0.25) is 0 Å². The Morgan fingerprint density at radius 1 is 1.25 bits per heavy atom. The first-order valence-electron chi connectivity index (χ1n) is 5.31. The van der Waals surface area contributed by atoms with E-state index in [0.29, 0.717) is 0 Å². The van der Waals surface area contributed by atoms with Crippen molar-refractivity contribution in [3.8, 4) is 0 Å². The summed E-state index contributed by atoms with van der Waals surface area (Å²) in [6.07, 6.45) is 3.57. The molecule has 1 fully saturated rings. The van der Waals surface area contributed by atoms with E-state index in [0.717, 1.165) is 43.4 Å². The molecule has 1 aliphatic heterocycles. The van der Waals surface area contributed by atoms with Crippen molar-refractivity contribution in [2.45, 2.75) is 0 Å². The van der Waals surface area contributed by atoms with Crippen molar-refractivity contribution in [2.75, 3.05) is 31.2 Å². The quantitative estimate of drug-likeness (QED) is 0.685. The molecule has 2 aromatic rings. The molecular weight excluding hydrogens is 206 g/mol. The van der Waals surface area contributed by atoms with Crippen LogP contribution < -0.4 is 4.90 Å². The first-order chi connectivity index (χ1) is 7.84. The van der Waals surface area contributed by atoms with Crippen LogP contribution in [0.4, 0.5) is 5.95 Å². The number of fused-ring (bicyclic) bond motifs is 1. The van der Waals surface area contributed by atoms with E-state index in [1.807, 2.05) is 17.8 Å². The minimum Gasteiger partial charge on any atom is -0.378 e. The molecule has 6 heteroatoms. The van der Waals surface area contributed by atoms with Crippen LogP contribution >= 0.6 is 0 Å². The summed E-state index contributed by atoms with van der Waals surface area (Å²) in [5.74, 6) is 0.745. The van der Waals surface area contributed by atoms with Gasteiger partial charge in [0.1, 0.15) is 5.52 Å². The average molecular weight is 219 g/mol. The van der Waals surface area contributed by atoms with E-state index in [-0.39, 0.29) is 0 Å². The predicted molar refractivity (Wildman–Crippen MR) is 59.3 cm³/mol. The summed E-state index contributed by atoms with van der Waals surface area (Å²) >= 11 is 0. The van der Waals surface area contributed by atoms with Gasteiger partial charge in [-0.25, -0.2) is 9.97 Å². The van der Waals surface area contributed by atoms with Gasteiger partial charge in [-0.05, 0) is 0 Å². The SMILES string of the molecule is Cn1cnc2nc(N3CCOCC3)ncc21. The zero-order chi connectivity index (χ0) is 11.0. The molecule has 1 aliphatic rings. The van der Waals surface area contributed by atoms with Gasteiger partial charge in [0.25, 0.3) is 0 Å². The Kier molecular flexibility index (Phi) is 2.21. The molecule has 0 amide bonds. The highest BCUT2D eigenvalue weighted by molar-refractivity contribution is 5.70. The molecular formula is C10H13N5O. The summed E-state index contributed by atoms with van der Waals surface area (Å²) in [5.41, 5.74) is 1.70. The summed E-state index contributed by atoms with van der Waals surface area (Å²) < 4.78 is 7.21. The summed E-state index contributed by atoms with van der Waals surface area (Å²) in [4.78, 5) is 15.2. The first-order valence-corrected chi connectivity index (χ1v) is 5.31. The van der Waals surface area contributed by atoms with E-state index in [4.69, 9.17) is 4.74 Å². The number of anilines is 1. The minimum absolute atomic E-state index is 0.740. The number of hydrogen-bond donors (Lipinski definition) is 0. The van der Waals surface area contributed by atoms with Crippen molar-refractivity contribution in [3.05, 3.63) is 12.5 Å². The number of imidazole rings is 1. The van der Waals surface area contributed by atoms with E-state index < -0.39 is 0 Å². The second-order valence-corrected chi connectivity index (χ2v) is 3.83. The van der Waals surface area contributed by atoms with Crippen LogP contribution in [0.5, 0.6) is 0 Å². The van der Waals surface area contributed by atoms with Crippen LogP contribution in [0.2, 0.25) is 0 Å². The topological polar surface area (TPSA) is 56.1 Å². The highest BCUT2D eigenvalue weighted by atomic mass is 16.5. The lowest BCUT2D eigenvalue weighted by Crippen LogP contribution is -2.37. The number of nitrogens with zero attached hydrogens (tertiary/aromatic N) is 5. The molecule has 0 aromatic carbocycles. The Labute approximate surface area is 92.9 Å². The third kappa shape index (κ3) is 1.51. The molecule has 0 N–H and O–H groups in total. The maximum atomic E-state index is 5.30. The van der Waals surface area contributed by atoms with Crippen LogP contribution in [0.25, 0.3) is 11.2 Å². The van der Waals surface area contributed by atoms with Gasteiger partial charge in [0.05, 0.1) is 25.7 Å². The van der Waals surface area contributed by atoms with Crippen LogP contribution in [0, 0.1) is 0 Å².